The number of fused-ring (bicyclic) bond motifs is 2. The minimum absolute atomic E-state index is 0.196. The maximum absolute atomic E-state index is 14.0. The van der Waals surface area contributed by atoms with E-state index in [0.717, 1.165) is 25.1 Å². The highest BCUT2D eigenvalue weighted by Crippen LogP contribution is 2.54. The zero-order valence-corrected chi connectivity index (χ0v) is 19.8. The Labute approximate surface area is 215 Å². The predicted octanol–water partition coefficient (Wildman–Crippen LogP) is 3.31. The number of aliphatic hydroxyl groups is 3. The number of carbonyl (C=O) groups excluding carboxylic acids is 1. The van der Waals surface area contributed by atoms with Gasteiger partial charge in [-0.3, -0.25) is 4.79 Å². The van der Waals surface area contributed by atoms with Crippen molar-refractivity contribution < 1.29 is 45.5 Å². The SMILES string of the molecule is [2H]c1cc(F)c(F)c([2H])c1NC(=O)c1ccc(Cl)c(S(=O)(=O)C2C([2H])([2H])C3CC[C@@H](C2([2H])[2H])C3(O)[C@@H](O)[C@H](C)O)c1. The lowest BCUT2D eigenvalue weighted by molar-refractivity contribution is -0.172. The summed E-state index contributed by atoms with van der Waals surface area (Å²) in [6.45, 7) is 1.13. The van der Waals surface area contributed by atoms with Gasteiger partial charge in [-0.1, -0.05) is 11.6 Å². The Balaban J connectivity index is 1.78. The first-order valence-corrected chi connectivity index (χ1v) is 12.5. The van der Waals surface area contributed by atoms with E-state index in [4.69, 9.17) is 19.8 Å². The molecule has 2 saturated carbocycles. The average Bonchev–Trinajstić information content (AvgIpc) is 3.19. The molecule has 6 atom stereocenters. The van der Waals surface area contributed by atoms with Crippen LogP contribution in [0.1, 0.15) is 51.1 Å². The number of halogens is 3. The monoisotopic (exact) mass is 535 g/mol. The summed E-state index contributed by atoms with van der Waals surface area (Å²) in [5, 5.41) is 31.0. The van der Waals surface area contributed by atoms with Crippen molar-refractivity contribution in [1.82, 2.24) is 0 Å². The molecule has 2 aromatic rings. The van der Waals surface area contributed by atoms with Crippen LogP contribution < -0.4 is 5.32 Å². The van der Waals surface area contributed by atoms with Crippen molar-refractivity contribution in [2.75, 3.05) is 5.32 Å². The predicted molar refractivity (Wildman–Crippen MR) is 125 cm³/mol. The Bertz CT molecular complexity index is 1500. The molecule has 1 amide bonds. The van der Waals surface area contributed by atoms with Gasteiger partial charge >= 0.3 is 0 Å². The number of benzene rings is 2. The molecule has 7 nitrogen and oxygen atoms in total. The van der Waals surface area contributed by atoms with Crippen LogP contribution in [0.4, 0.5) is 14.5 Å². The molecule has 0 aliphatic heterocycles. The van der Waals surface area contributed by atoms with Gasteiger partial charge in [0.05, 0.1) is 29.6 Å². The molecule has 2 aliphatic rings. The number of rotatable bonds is 6. The summed E-state index contributed by atoms with van der Waals surface area (Å²) in [5.74, 6) is -7.48. The Morgan fingerprint density at radius 2 is 1.86 bits per heavy atom. The summed E-state index contributed by atoms with van der Waals surface area (Å²) in [5.41, 5.74) is -3.66. The highest BCUT2D eigenvalue weighted by atomic mass is 35.5. The molecule has 0 radical (unpaired) electrons. The number of hydrogen-bond donors (Lipinski definition) is 4. The molecule has 2 aromatic carbocycles. The van der Waals surface area contributed by atoms with Crippen molar-refractivity contribution >= 4 is 33.0 Å². The third-order valence-electron chi connectivity index (χ3n) is 6.33. The van der Waals surface area contributed by atoms with Gasteiger partial charge in [0.15, 0.2) is 21.5 Å². The van der Waals surface area contributed by atoms with E-state index in [-0.39, 0.29) is 12.8 Å². The molecule has 3 unspecified atom stereocenters. The molecule has 35 heavy (non-hydrogen) atoms. The zero-order chi connectivity index (χ0) is 31.0. The molecule has 4 rings (SSSR count). The van der Waals surface area contributed by atoms with Crippen LogP contribution in [0.5, 0.6) is 0 Å². The molecule has 190 valence electrons. The first-order chi connectivity index (χ1) is 18.7. The molecule has 0 saturated heterocycles. The normalized spacial score (nSPS) is 33.3. The molecule has 2 aliphatic carbocycles. The number of sulfone groups is 1. The summed E-state index contributed by atoms with van der Waals surface area (Å²) < 4.78 is 106. The molecular formula is C24H26ClF2NO6S. The molecule has 4 N–H and O–H groups in total. The fourth-order valence-corrected chi connectivity index (χ4v) is 6.52. The van der Waals surface area contributed by atoms with Gasteiger partial charge in [0, 0.05) is 22.8 Å². The topological polar surface area (TPSA) is 124 Å². The Kier molecular flexibility index (Phi) is 5.12. The van der Waals surface area contributed by atoms with Gasteiger partial charge in [-0.05, 0) is 74.7 Å². The summed E-state index contributed by atoms with van der Waals surface area (Å²) in [7, 11) is -5.09. The standard InChI is InChI=1S/C24H26ClF2NO6S/c1-12(29)22(30)24(32)14-3-4-15(24)10-17(9-14)35(33,34)21-8-13(2-6-18(21)25)23(31)28-16-5-7-19(26)20(27)11-16/h2,5-8,11-12,14-15,17,22,29-30,32H,3-4,9-10H2,1H3,(H,28,31)/t12-,14-,15?,17?,22-,24?/m0/s1/i5D,9D2,10D2,11D. The maximum Gasteiger partial charge on any atom is 0.255 e. The van der Waals surface area contributed by atoms with Crippen molar-refractivity contribution in [3.8, 4) is 0 Å². The van der Waals surface area contributed by atoms with Gasteiger partial charge in [-0.25, -0.2) is 17.2 Å². The van der Waals surface area contributed by atoms with Crippen molar-refractivity contribution in [2.45, 2.75) is 60.5 Å². The molecule has 0 spiro atoms. The van der Waals surface area contributed by atoms with E-state index >= 15 is 0 Å². The smallest absolute Gasteiger partial charge is 0.255 e. The molecule has 0 heterocycles. The first kappa shape index (κ1) is 19.1. The Morgan fingerprint density at radius 3 is 2.46 bits per heavy atom. The van der Waals surface area contributed by atoms with Crippen molar-refractivity contribution in [3.05, 3.63) is 58.6 Å². The molecule has 11 heteroatoms. The highest BCUT2D eigenvalue weighted by molar-refractivity contribution is 7.92. The van der Waals surface area contributed by atoms with Crippen LogP contribution in [0.15, 0.2) is 41.2 Å². The van der Waals surface area contributed by atoms with Crippen molar-refractivity contribution in [3.63, 3.8) is 0 Å². The largest absolute Gasteiger partial charge is 0.391 e. The van der Waals surface area contributed by atoms with E-state index in [1.54, 1.807) is 0 Å². The van der Waals surface area contributed by atoms with Gasteiger partial charge < -0.3 is 20.6 Å². The van der Waals surface area contributed by atoms with Crippen LogP contribution in [-0.2, 0) is 9.84 Å². The Morgan fingerprint density at radius 1 is 1.23 bits per heavy atom. The molecule has 0 aromatic heterocycles. The number of hydrogen-bond acceptors (Lipinski definition) is 6. The van der Waals surface area contributed by atoms with Crippen LogP contribution in [-0.4, -0.2) is 52.7 Å². The highest BCUT2D eigenvalue weighted by Gasteiger charge is 2.59. The van der Waals surface area contributed by atoms with Crippen LogP contribution in [0.25, 0.3) is 0 Å². The van der Waals surface area contributed by atoms with E-state index in [1.807, 2.05) is 5.32 Å². The Hall–Kier alpha value is -2.11. The summed E-state index contributed by atoms with van der Waals surface area (Å²) in [6, 6.07) is 1.28. The second kappa shape index (κ2) is 9.40. The summed E-state index contributed by atoms with van der Waals surface area (Å²) in [4.78, 5) is 12.1. The number of carbonyl (C=O) groups is 1. The molecule has 2 bridgehead atoms. The number of amides is 1. The second-order valence-corrected chi connectivity index (χ2v) is 11.0. The van der Waals surface area contributed by atoms with Crippen LogP contribution in [0.3, 0.4) is 0 Å². The summed E-state index contributed by atoms with van der Waals surface area (Å²) >= 11 is 6.15. The number of anilines is 1. The van der Waals surface area contributed by atoms with Crippen LogP contribution >= 0.6 is 11.6 Å². The fourth-order valence-electron chi connectivity index (χ4n) is 4.51. The van der Waals surface area contributed by atoms with E-state index in [2.05, 4.69) is 0 Å². The first-order valence-electron chi connectivity index (χ1n) is 13.6. The lowest BCUT2D eigenvalue weighted by Crippen LogP contribution is -2.58. The van der Waals surface area contributed by atoms with Gasteiger partial charge in [-0.15, -0.1) is 0 Å². The van der Waals surface area contributed by atoms with Gasteiger partial charge in [0.25, 0.3) is 5.91 Å². The van der Waals surface area contributed by atoms with Crippen LogP contribution in [0.2, 0.25) is 5.02 Å². The van der Waals surface area contributed by atoms with E-state index in [9.17, 15) is 37.3 Å². The minimum atomic E-state index is -5.09. The third-order valence-corrected chi connectivity index (χ3v) is 8.62. The van der Waals surface area contributed by atoms with Crippen molar-refractivity contribution in [1.29, 1.82) is 0 Å². The minimum Gasteiger partial charge on any atom is -0.391 e. The van der Waals surface area contributed by atoms with Crippen LogP contribution in [0, 0.1) is 23.5 Å². The zero-order valence-electron chi connectivity index (χ0n) is 24.2. The fraction of sp³-hybridized carbons (Fsp3) is 0.458. The van der Waals surface area contributed by atoms with E-state index < -0.39 is 108 Å². The lowest BCUT2D eigenvalue weighted by Gasteiger charge is -2.46. The lowest BCUT2D eigenvalue weighted by atomic mass is 9.70. The quantitative estimate of drug-likeness (QED) is 0.450. The van der Waals surface area contributed by atoms with Crippen molar-refractivity contribution in [2.24, 2.45) is 11.8 Å². The molecular weight excluding hydrogens is 504 g/mol. The van der Waals surface area contributed by atoms with Gasteiger partial charge in [0.1, 0.15) is 6.10 Å². The maximum atomic E-state index is 14.0. The van der Waals surface area contributed by atoms with Gasteiger partial charge in [0.2, 0.25) is 0 Å². The number of aliphatic hydroxyl groups excluding tert-OH is 2. The number of nitrogens with one attached hydrogen (secondary N) is 1. The van der Waals surface area contributed by atoms with Gasteiger partial charge in [-0.2, -0.15) is 0 Å². The average molecular weight is 536 g/mol. The van der Waals surface area contributed by atoms with E-state index in [1.165, 1.54) is 0 Å². The molecule has 2 fully saturated rings. The summed E-state index contributed by atoms with van der Waals surface area (Å²) in [6.07, 6.45) is -9.97. The van der Waals surface area contributed by atoms with E-state index in [0.29, 0.717) is 6.07 Å². The second-order valence-electron chi connectivity index (χ2n) is 8.56. The third kappa shape index (κ3) is 4.58.